The van der Waals surface area contributed by atoms with E-state index >= 15 is 0 Å². The van der Waals surface area contributed by atoms with Gasteiger partial charge < -0.3 is 19.8 Å². The van der Waals surface area contributed by atoms with Crippen LogP contribution in [0.2, 0.25) is 0 Å². The van der Waals surface area contributed by atoms with Crippen molar-refractivity contribution in [2.45, 2.75) is 32.6 Å². The Kier molecular flexibility index (Phi) is 6.32. The van der Waals surface area contributed by atoms with Gasteiger partial charge in [0.2, 0.25) is 0 Å². The fourth-order valence-electron chi connectivity index (χ4n) is 1.58. The molecule has 0 radical (unpaired) electrons. The zero-order valence-corrected chi connectivity index (χ0v) is 11.3. The molecule has 1 unspecified atom stereocenters. The van der Waals surface area contributed by atoms with Crippen LogP contribution < -0.4 is 0 Å². The fraction of sp³-hybridized carbons (Fsp3) is 0.500. The summed E-state index contributed by atoms with van der Waals surface area (Å²) in [6, 6.07) is 9.27. The van der Waals surface area contributed by atoms with Crippen molar-refractivity contribution in [3.8, 4) is 0 Å². The Balaban J connectivity index is 2.53. The average Bonchev–Trinajstić information content (AvgIpc) is 2.42. The van der Waals surface area contributed by atoms with Crippen molar-refractivity contribution < 1.29 is 19.7 Å². The SMILES string of the molecule is CC(C)N(CC(O)CO)C(=O)OCc1ccccc1. The van der Waals surface area contributed by atoms with Crippen LogP contribution in [0.25, 0.3) is 0 Å². The number of hydrogen-bond acceptors (Lipinski definition) is 4. The standard InChI is InChI=1S/C14H21NO4/c1-11(2)15(8-13(17)9-16)14(18)19-10-12-6-4-3-5-7-12/h3-7,11,13,16-17H,8-10H2,1-2H3. The molecule has 5 heteroatoms. The Hall–Kier alpha value is -1.59. The van der Waals surface area contributed by atoms with Crippen LogP contribution in [0.4, 0.5) is 4.79 Å². The van der Waals surface area contributed by atoms with Gasteiger partial charge in [0, 0.05) is 6.04 Å². The van der Waals surface area contributed by atoms with Crippen LogP contribution in [-0.4, -0.2) is 46.5 Å². The third kappa shape index (κ3) is 5.28. The van der Waals surface area contributed by atoms with Crippen molar-refractivity contribution in [1.29, 1.82) is 0 Å². The number of nitrogens with zero attached hydrogens (tertiary/aromatic N) is 1. The minimum absolute atomic E-state index is 0.0573. The first-order chi connectivity index (χ1) is 9.04. The van der Waals surface area contributed by atoms with Gasteiger partial charge in [-0.25, -0.2) is 4.79 Å². The third-order valence-electron chi connectivity index (χ3n) is 2.68. The second kappa shape index (κ2) is 7.76. The third-order valence-corrected chi connectivity index (χ3v) is 2.68. The molecule has 0 aromatic heterocycles. The topological polar surface area (TPSA) is 70.0 Å². The molecule has 0 fully saturated rings. The number of amides is 1. The summed E-state index contributed by atoms with van der Waals surface area (Å²) in [6.45, 7) is 3.52. The maximum absolute atomic E-state index is 11.9. The summed E-state index contributed by atoms with van der Waals surface area (Å²) >= 11 is 0. The first kappa shape index (κ1) is 15.5. The van der Waals surface area contributed by atoms with E-state index < -0.39 is 12.2 Å². The molecule has 106 valence electrons. The van der Waals surface area contributed by atoms with E-state index in [-0.39, 0.29) is 25.8 Å². The van der Waals surface area contributed by atoms with E-state index in [4.69, 9.17) is 9.84 Å². The lowest BCUT2D eigenvalue weighted by Crippen LogP contribution is -2.43. The van der Waals surface area contributed by atoms with Crippen LogP contribution in [0, 0.1) is 0 Å². The fourth-order valence-corrected chi connectivity index (χ4v) is 1.58. The van der Waals surface area contributed by atoms with E-state index in [0.29, 0.717) is 0 Å². The van der Waals surface area contributed by atoms with E-state index in [0.717, 1.165) is 5.56 Å². The van der Waals surface area contributed by atoms with Gasteiger partial charge in [0.25, 0.3) is 0 Å². The molecule has 1 amide bonds. The van der Waals surface area contributed by atoms with Gasteiger partial charge in [0.15, 0.2) is 0 Å². The smallest absolute Gasteiger partial charge is 0.410 e. The minimum Gasteiger partial charge on any atom is -0.445 e. The normalized spacial score (nSPS) is 12.3. The van der Waals surface area contributed by atoms with Gasteiger partial charge >= 0.3 is 6.09 Å². The lowest BCUT2D eigenvalue weighted by Gasteiger charge is -2.27. The lowest BCUT2D eigenvalue weighted by atomic mass is 10.2. The monoisotopic (exact) mass is 267 g/mol. The molecule has 0 spiro atoms. The van der Waals surface area contributed by atoms with Gasteiger partial charge in [0.05, 0.1) is 19.3 Å². The summed E-state index contributed by atoms with van der Waals surface area (Å²) in [4.78, 5) is 13.3. The molecule has 0 aliphatic carbocycles. The summed E-state index contributed by atoms with van der Waals surface area (Å²) in [5.41, 5.74) is 0.905. The number of aliphatic hydroxyl groups excluding tert-OH is 2. The quantitative estimate of drug-likeness (QED) is 0.817. The van der Waals surface area contributed by atoms with Crippen LogP contribution in [-0.2, 0) is 11.3 Å². The Morgan fingerprint density at radius 1 is 1.32 bits per heavy atom. The van der Waals surface area contributed by atoms with E-state index in [2.05, 4.69) is 0 Å². The average molecular weight is 267 g/mol. The highest BCUT2D eigenvalue weighted by molar-refractivity contribution is 5.68. The predicted octanol–water partition coefficient (Wildman–Crippen LogP) is 1.39. The summed E-state index contributed by atoms with van der Waals surface area (Å²) in [6.07, 6.45) is -1.45. The Morgan fingerprint density at radius 3 is 2.47 bits per heavy atom. The van der Waals surface area contributed by atoms with Crippen LogP contribution in [0.1, 0.15) is 19.4 Å². The van der Waals surface area contributed by atoms with Gasteiger partial charge in [-0.15, -0.1) is 0 Å². The van der Waals surface area contributed by atoms with Crippen molar-refractivity contribution in [2.24, 2.45) is 0 Å². The highest BCUT2D eigenvalue weighted by atomic mass is 16.6. The van der Waals surface area contributed by atoms with Gasteiger partial charge in [-0.2, -0.15) is 0 Å². The highest BCUT2D eigenvalue weighted by Crippen LogP contribution is 2.07. The highest BCUT2D eigenvalue weighted by Gasteiger charge is 2.21. The largest absolute Gasteiger partial charge is 0.445 e. The second-order valence-electron chi connectivity index (χ2n) is 4.62. The molecule has 0 saturated heterocycles. The molecular formula is C14H21NO4. The van der Waals surface area contributed by atoms with E-state index in [1.807, 2.05) is 44.2 Å². The number of carbonyl (C=O) groups is 1. The summed E-state index contributed by atoms with van der Waals surface area (Å²) in [5.74, 6) is 0. The number of hydrogen-bond donors (Lipinski definition) is 2. The number of aliphatic hydroxyl groups is 2. The molecule has 19 heavy (non-hydrogen) atoms. The van der Waals surface area contributed by atoms with Gasteiger partial charge in [-0.1, -0.05) is 30.3 Å². The molecule has 0 aliphatic rings. The van der Waals surface area contributed by atoms with Crippen molar-refractivity contribution >= 4 is 6.09 Å². The van der Waals surface area contributed by atoms with Crippen molar-refractivity contribution in [3.05, 3.63) is 35.9 Å². The summed E-state index contributed by atoms with van der Waals surface area (Å²) in [5, 5.41) is 18.2. The molecule has 1 atom stereocenters. The van der Waals surface area contributed by atoms with Crippen molar-refractivity contribution in [2.75, 3.05) is 13.2 Å². The second-order valence-corrected chi connectivity index (χ2v) is 4.62. The minimum atomic E-state index is -0.952. The molecule has 0 heterocycles. The number of rotatable bonds is 6. The molecule has 1 aromatic rings. The van der Waals surface area contributed by atoms with Crippen LogP contribution >= 0.6 is 0 Å². The molecule has 1 rings (SSSR count). The molecule has 5 nitrogen and oxygen atoms in total. The van der Waals surface area contributed by atoms with Crippen LogP contribution in [0.5, 0.6) is 0 Å². The molecule has 2 N–H and O–H groups in total. The lowest BCUT2D eigenvalue weighted by molar-refractivity contribution is 0.0353. The molecule has 1 aromatic carbocycles. The predicted molar refractivity (Wildman–Crippen MR) is 71.6 cm³/mol. The van der Waals surface area contributed by atoms with Crippen LogP contribution in [0.15, 0.2) is 30.3 Å². The Bertz CT molecular complexity index is 380. The number of ether oxygens (including phenoxy) is 1. The van der Waals surface area contributed by atoms with Crippen LogP contribution in [0.3, 0.4) is 0 Å². The molecular weight excluding hydrogens is 246 g/mol. The Labute approximate surface area is 113 Å². The van der Waals surface area contributed by atoms with E-state index in [1.54, 1.807) is 0 Å². The van der Waals surface area contributed by atoms with Gasteiger partial charge in [-0.3, -0.25) is 0 Å². The number of benzene rings is 1. The van der Waals surface area contributed by atoms with Crippen molar-refractivity contribution in [3.63, 3.8) is 0 Å². The summed E-state index contributed by atoms with van der Waals surface area (Å²) < 4.78 is 5.19. The molecule has 0 bridgehead atoms. The zero-order chi connectivity index (χ0) is 14.3. The molecule has 0 aliphatic heterocycles. The maximum atomic E-state index is 11.9. The molecule has 0 saturated carbocycles. The first-order valence-electron chi connectivity index (χ1n) is 6.30. The number of carbonyl (C=O) groups excluding carboxylic acids is 1. The zero-order valence-electron chi connectivity index (χ0n) is 11.3. The van der Waals surface area contributed by atoms with Gasteiger partial charge in [0.1, 0.15) is 6.61 Å². The maximum Gasteiger partial charge on any atom is 0.410 e. The Morgan fingerprint density at radius 2 is 1.95 bits per heavy atom. The van der Waals surface area contributed by atoms with E-state index in [9.17, 15) is 9.90 Å². The van der Waals surface area contributed by atoms with E-state index in [1.165, 1.54) is 4.90 Å². The summed E-state index contributed by atoms with van der Waals surface area (Å²) in [7, 11) is 0. The first-order valence-corrected chi connectivity index (χ1v) is 6.30. The van der Waals surface area contributed by atoms with Crippen molar-refractivity contribution in [1.82, 2.24) is 4.90 Å². The van der Waals surface area contributed by atoms with Gasteiger partial charge in [-0.05, 0) is 19.4 Å².